The Balaban J connectivity index is 1.64. The number of oxazole rings is 1. The molecule has 0 atom stereocenters. The van der Waals surface area contributed by atoms with Gasteiger partial charge in [-0.3, -0.25) is 9.59 Å². The second-order valence-electron chi connectivity index (χ2n) is 4.83. The molecule has 1 saturated heterocycles. The summed E-state index contributed by atoms with van der Waals surface area (Å²) in [5.74, 6) is 0.00939. The standard InChI is InChI=1S/C14H15N5O3/c20-10-2-1-7-19(10)8-5-17-13(21)11-12(16-4-3-15-11)14-18-6-9-22-14/h3-4,6,9H,1-2,5,7-8H2,(H,17,21). The number of nitrogens with zero attached hydrogens (tertiary/aromatic N) is 4. The van der Waals surface area contributed by atoms with Gasteiger partial charge >= 0.3 is 0 Å². The topological polar surface area (TPSA) is 101 Å². The zero-order valence-corrected chi connectivity index (χ0v) is 11.9. The lowest BCUT2D eigenvalue weighted by atomic mass is 10.3. The van der Waals surface area contributed by atoms with Gasteiger partial charge in [0.05, 0.1) is 6.20 Å². The van der Waals surface area contributed by atoms with Crippen molar-refractivity contribution in [3.63, 3.8) is 0 Å². The zero-order chi connectivity index (χ0) is 15.4. The van der Waals surface area contributed by atoms with Crippen molar-refractivity contribution in [1.29, 1.82) is 0 Å². The highest BCUT2D eigenvalue weighted by Crippen LogP contribution is 2.17. The second-order valence-corrected chi connectivity index (χ2v) is 4.83. The summed E-state index contributed by atoms with van der Waals surface area (Å²) in [5.41, 5.74) is 0.444. The molecule has 0 spiro atoms. The summed E-state index contributed by atoms with van der Waals surface area (Å²) in [6, 6.07) is 0. The van der Waals surface area contributed by atoms with Crippen LogP contribution >= 0.6 is 0 Å². The van der Waals surface area contributed by atoms with Gasteiger partial charge in [-0.25, -0.2) is 15.0 Å². The van der Waals surface area contributed by atoms with Crippen LogP contribution in [0.4, 0.5) is 0 Å². The van der Waals surface area contributed by atoms with Crippen molar-refractivity contribution in [2.45, 2.75) is 12.8 Å². The fourth-order valence-corrected chi connectivity index (χ4v) is 2.33. The molecule has 0 radical (unpaired) electrons. The molecule has 2 aromatic heterocycles. The number of amides is 2. The van der Waals surface area contributed by atoms with Crippen molar-refractivity contribution in [2.24, 2.45) is 0 Å². The third-order valence-electron chi connectivity index (χ3n) is 3.39. The zero-order valence-electron chi connectivity index (χ0n) is 11.9. The average Bonchev–Trinajstić information content (AvgIpc) is 3.19. The Hall–Kier alpha value is -2.77. The third-order valence-corrected chi connectivity index (χ3v) is 3.39. The summed E-state index contributed by atoms with van der Waals surface area (Å²) in [6.07, 6.45) is 7.26. The molecule has 2 aromatic rings. The van der Waals surface area contributed by atoms with E-state index in [9.17, 15) is 9.59 Å². The molecule has 0 unspecified atom stereocenters. The number of aromatic nitrogens is 3. The summed E-state index contributed by atoms with van der Waals surface area (Å²) < 4.78 is 5.16. The molecule has 1 fully saturated rings. The number of rotatable bonds is 5. The number of hydrogen-bond acceptors (Lipinski definition) is 6. The molecule has 1 N–H and O–H groups in total. The first-order chi connectivity index (χ1) is 10.8. The predicted molar refractivity (Wildman–Crippen MR) is 75.7 cm³/mol. The first kappa shape index (κ1) is 14.2. The minimum atomic E-state index is -0.368. The Bertz CT molecular complexity index is 671. The van der Waals surface area contributed by atoms with Crippen molar-refractivity contribution in [1.82, 2.24) is 25.2 Å². The lowest BCUT2D eigenvalue weighted by Crippen LogP contribution is -2.36. The van der Waals surface area contributed by atoms with Crippen LogP contribution in [0.1, 0.15) is 23.3 Å². The number of carbonyl (C=O) groups is 2. The van der Waals surface area contributed by atoms with Gasteiger partial charge in [0.1, 0.15) is 6.26 Å². The van der Waals surface area contributed by atoms with Gasteiger partial charge in [-0.15, -0.1) is 0 Å². The van der Waals surface area contributed by atoms with Crippen molar-refractivity contribution >= 4 is 11.8 Å². The SMILES string of the molecule is O=C(NCCN1CCCC1=O)c1nccnc1-c1ncco1. The summed E-state index contributed by atoms with van der Waals surface area (Å²) in [7, 11) is 0. The summed E-state index contributed by atoms with van der Waals surface area (Å²) in [6.45, 7) is 1.62. The van der Waals surface area contributed by atoms with Crippen LogP contribution in [0.5, 0.6) is 0 Å². The van der Waals surface area contributed by atoms with Crippen molar-refractivity contribution < 1.29 is 14.0 Å². The lowest BCUT2D eigenvalue weighted by molar-refractivity contribution is -0.127. The molecule has 0 saturated carbocycles. The van der Waals surface area contributed by atoms with Crippen molar-refractivity contribution in [2.75, 3.05) is 19.6 Å². The second kappa shape index (κ2) is 6.33. The number of carbonyl (C=O) groups excluding carboxylic acids is 2. The minimum Gasteiger partial charge on any atom is -0.443 e. The molecule has 2 amide bonds. The molecule has 3 rings (SSSR count). The molecular formula is C14H15N5O3. The monoisotopic (exact) mass is 301 g/mol. The highest BCUT2D eigenvalue weighted by molar-refractivity contribution is 5.97. The van der Waals surface area contributed by atoms with Gasteiger partial charge in [0.25, 0.3) is 5.91 Å². The summed E-state index contributed by atoms with van der Waals surface area (Å²) in [5, 5.41) is 2.74. The Labute approximate surface area is 126 Å². The fourth-order valence-electron chi connectivity index (χ4n) is 2.33. The quantitative estimate of drug-likeness (QED) is 0.862. The normalized spacial score (nSPS) is 14.4. The molecular weight excluding hydrogens is 286 g/mol. The van der Waals surface area contributed by atoms with E-state index in [4.69, 9.17) is 4.42 Å². The van der Waals surface area contributed by atoms with E-state index in [1.807, 2.05) is 0 Å². The Morgan fingerprint density at radius 2 is 2.14 bits per heavy atom. The van der Waals surface area contributed by atoms with Crippen LogP contribution in [0.25, 0.3) is 11.6 Å². The smallest absolute Gasteiger partial charge is 0.272 e. The maximum Gasteiger partial charge on any atom is 0.272 e. The van der Waals surface area contributed by atoms with Crippen LogP contribution in [-0.4, -0.2) is 51.3 Å². The summed E-state index contributed by atoms with van der Waals surface area (Å²) in [4.78, 5) is 37.6. The van der Waals surface area contributed by atoms with E-state index in [0.717, 1.165) is 13.0 Å². The predicted octanol–water partition coefficient (Wildman–Crippen LogP) is 0.484. The van der Waals surface area contributed by atoms with Gasteiger partial charge in [0.15, 0.2) is 11.4 Å². The first-order valence-electron chi connectivity index (χ1n) is 7.02. The van der Waals surface area contributed by atoms with Crippen LogP contribution in [0.2, 0.25) is 0 Å². The number of nitrogens with one attached hydrogen (secondary N) is 1. The van der Waals surface area contributed by atoms with Gasteiger partial charge in [-0.1, -0.05) is 0 Å². The molecule has 3 heterocycles. The molecule has 0 aliphatic carbocycles. The molecule has 0 bridgehead atoms. The maximum atomic E-state index is 12.2. The van der Waals surface area contributed by atoms with Gasteiger partial charge in [-0.05, 0) is 6.42 Å². The maximum absolute atomic E-state index is 12.2. The van der Waals surface area contributed by atoms with E-state index in [0.29, 0.717) is 25.2 Å². The van der Waals surface area contributed by atoms with Crippen LogP contribution in [0.3, 0.4) is 0 Å². The van der Waals surface area contributed by atoms with Crippen LogP contribution < -0.4 is 5.32 Å². The van der Waals surface area contributed by atoms with Gasteiger partial charge < -0.3 is 14.6 Å². The van der Waals surface area contributed by atoms with Crippen molar-refractivity contribution in [3.05, 3.63) is 30.5 Å². The van der Waals surface area contributed by atoms with E-state index in [-0.39, 0.29) is 23.4 Å². The molecule has 8 nitrogen and oxygen atoms in total. The molecule has 8 heteroatoms. The summed E-state index contributed by atoms with van der Waals surface area (Å²) >= 11 is 0. The highest BCUT2D eigenvalue weighted by atomic mass is 16.3. The lowest BCUT2D eigenvalue weighted by Gasteiger charge is -2.15. The molecule has 22 heavy (non-hydrogen) atoms. The number of hydrogen-bond donors (Lipinski definition) is 1. The van der Waals surface area contributed by atoms with E-state index in [1.54, 1.807) is 4.90 Å². The minimum absolute atomic E-state index is 0.134. The van der Waals surface area contributed by atoms with Gasteiger partial charge in [0, 0.05) is 38.4 Å². The largest absolute Gasteiger partial charge is 0.443 e. The average molecular weight is 301 g/mol. The van der Waals surface area contributed by atoms with E-state index >= 15 is 0 Å². The third kappa shape index (κ3) is 2.95. The number of likely N-dealkylation sites (tertiary alicyclic amines) is 1. The molecule has 0 aromatic carbocycles. The molecule has 114 valence electrons. The van der Waals surface area contributed by atoms with E-state index in [1.165, 1.54) is 24.9 Å². The van der Waals surface area contributed by atoms with Crippen LogP contribution in [0, 0.1) is 0 Å². The van der Waals surface area contributed by atoms with E-state index in [2.05, 4.69) is 20.3 Å². The highest BCUT2D eigenvalue weighted by Gasteiger charge is 2.21. The Morgan fingerprint density at radius 1 is 1.27 bits per heavy atom. The Kier molecular flexibility index (Phi) is 4.08. The van der Waals surface area contributed by atoms with Crippen molar-refractivity contribution in [3.8, 4) is 11.6 Å². The van der Waals surface area contributed by atoms with Crippen LogP contribution in [0.15, 0.2) is 29.3 Å². The van der Waals surface area contributed by atoms with E-state index < -0.39 is 0 Å². The first-order valence-corrected chi connectivity index (χ1v) is 7.02. The van der Waals surface area contributed by atoms with Gasteiger partial charge in [-0.2, -0.15) is 0 Å². The molecule has 1 aliphatic rings. The molecule has 1 aliphatic heterocycles. The van der Waals surface area contributed by atoms with Gasteiger partial charge in [0.2, 0.25) is 11.8 Å². The Morgan fingerprint density at radius 3 is 2.86 bits per heavy atom. The fraction of sp³-hybridized carbons (Fsp3) is 0.357. The van der Waals surface area contributed by atoms with Crippen LogP contribution in [-0.2, 0) is 4.79 Å².